The highest BCUT2D eigenvalue weighted by Gasteiger charge is 2.15. The molecular formula is C24H23N7OS. The number of carbonyl (C=O) groups is 1. The lowest BCUT2D eigenvalue weighted by molar-refractivity contribution is -0.116. The molecule has 0 bridgehead atoms. The highest BCUT2D eigenvalue weighted by atomic mass is 32.2. The monoisotopic (exact) mass is 457 g/mol. The normalized spacial score (nSPS) is 11.4. The Labute approximate surface area is 195 Å². The minimum Gasteiger partial charge on any atom is -0.326 e. The molecule has 0 spiro atoms. The van der Waals surface area contributed by atoms with Gasteiger partial charge in [0.1, 0.15) is 6.33 Å². The smallest absolute Gasteiger partial charge is 0.224 e. The molecule has 33 heavy (non-hydrogen) atoms. The van der Waals surface area contributed by atoms with Gasteiger partial charge in [-0.05, 0) is 74.0 Å². The van der Waals surface area contributed by atoms with Crippen LogP contribution in [-0.4, -0.2) is 35.3 Å². The molecule has 5 rings (SSSR count). The summed E-state index contributed by atoms with van der Waals surface area (Å²) in [6.45, 7) is 4.03. The Morgan fingerprint density at radius 1 is 1.09 bits per heavy atom. The number of anilines is 1. The van der Waals surface area contributed by atoms with Gasteiger partial charge in [-0.25, -0.2) is 9.50 Å². The molecule has 0 saturated carbocycles. The van der Waals surface area contributed by atoms with Crippen LogP contribution in [0.25, 0.3) is 16.6 Å². The molecule has 1 N–H and O–H groups in total. The van der Waals surface area contributed by atoms with E-state index in [9.17, 15) is 4.79 Å². The Kier molecular flexibility index (Phi) is 5.55. The van der Waals surface area contributed by atoms with Gasteiger partial charge in [0.15, 0.2) is 10.8 Å². The molecular weight excluding hydrogens is 434 g/mol. The first-order chi connectivity index (χ1) is 16.0. The van der Waals surface area contributed by atoms with Crippen LogP contribution in [0.15, 0.2) is 64.9 Å². The number of hydrogen-bond donors (Lipinski definition) is 1. The fourth-order valence-corrected chi connectivity index (χ4v) is 4.64. The van der Waals surface area contributed by atoms with Crippen molar-refractivity contribution in [2.45, 2.75) is 36.7 Å². The van der Waals surface area contributed by atoms with Gasteiger partial charge in [0.2, 0.25) is 5.91 Å². The van der Waals surface area contributed by atoms with E-state index in [1.165, 1.54) is 11.8 Å². The van der Waals surface area contributed by atoms with Crippen molar-refractivity contribution in [2.24, 2.45) is 7.05 Å². The fourth-order valence-electron chi connectivity index (χ4n) is 3.88. The number of aromatic nitrogens is 6. The van der Waals surface area contributed by atoms with E-state index in [2.05, 4.69) is 15.5 Å². The van der Waals surface area contributed by atoms with Gasteiger partial charge in [-0.1, -0.05) is 12.1 Å². The first kappa shape index (κ1) is 21.1. The van der Waals surface area contributed by atoms with Crippen LogP contribution in [-0.2, 0) is 18.3 Å². The quantitative estimate of drug-likeness (QED) is 0.408. The Bertz CT molecular complexity index is 1470. The lowest BCUT2D eigenvalue weighted by Gasteiger charge is -2.11. The largest absolute Gasteiger partial charge is 0.326 e. The van der Waals surface area contributed by atoms with Crippen molar-refractivity contribution < 1.29 is 4.79 Å². The number of amides is 1. The summed E-state index contributed by atoms with van der Waals surface area (Å²) in [5.74, 6) is -0.0340. The minimum absolute atomic E-state index is 0.0340. The maximum atomic E-state index is 12.6. The van der Waals surface area contributed by atoms with Gasteiger partial charge >= 0.3 is 0 Å². The lowest BCUT2D eigenvalue weighted by atomic mass is 10.1. The summed E-state index contributed by atoms with van der Waals surface area (Å²) in [4.78, 5) is 18.4. The molecule has 9 heteroatoms. The maximum absolute atomic E-state index is 12.6. The van der Waals surface area contributed by atoms with E-state index >= 15 is 0 Å². The second-order valence-electron chi connectivity index (χ2n) is 7.91. The number of nitrogens with zero attached hydrogens (tertiary/aromatic N) is 6. The predicted octanol–water partition coefficient (Wildman–Crippen LogP) is 4.35. The molecule has 0 atom stereocenters. The highest BCUT2D eigenvalue weighted by Crippen LogP contribution is 2.27. The molecule has 3 aromatic heterocycles. The molecule has 3 heterocycles. The van der Waals surface area contributed by atoms with Crippen LogP contribution in [0.1, 0.15) is 23.4 Å². The standard InChI is InChI=1S/C24H23N7OS/c1-15-19(16(2)31-23(26-15)20-6-4-5-7-21(20)29-31)12-13-22(32)27-17-8-10-18(11-9-17)33-24-28-25-14-30(24)3/h4-11,14H,12-13H2,1-3H3,(H,27,32). The van der Waals surface area contributed by atoms with E-state index in [4.69, 9.17) is 10.1 Å². The summed E-state index contributed by atoms with van der Waals surface area (Å²) in [5, 5.41) is 17.5. The van der Waals surface area contributed by atoms with E-state index < -0.39 is 0 Å². The maximum Gasteiger partial charge on any atom is 0.224 e. The van der Waals surface area contributed by atoms with Crippen LogP contribution in [0.3, 0.4) is 0 Å². The first-order valence-electron chi connectivity index (χ1n) is 10.6. The Balaban J connectivity index is 1.26. The molecule has 8 nitrogen and oxygen atoms in total. The molecule has 0 fully saturated rings. The fraction of sp³-hybridized carbons (Fsp3) is 0.208. The first-order valence-corrected chi connectivity index (χ1v) is 11.5. The lowest BCUT2D eigenvalue weighted by Crippen LogP contribution is -2.14. The summed E-state index contributed by atoms with van der Waals surface area (Å²) >= 11 is 1.52. The molecule has 0 saturated heterocycles. The van der Waals surface area contributed by atoms with Crippen molar-refractivity contribution in [2.75, 3.05) is 5.32 Å². The third kappa shape index (κ3) is 4.19. The molecule has 0 aliphatic heterocycles. The molecule has 0 radical (unpaired) electrons. The van der Waals surface area contributed by atoms with E-state index in [0.717, 1.165) is 49.2 Å². The number of rotatable bonds is 6. The summed E-state index contributed by atoms with van der Waals surface area (Å²) in [6.07, 6.45) is 2.64. The van der Waals surface area contributed by atoms with Crippen LogP contribution < -0.4 is 5.32 Å². The van der Waals surface area contributed by atoms with Crippen molar-refractivity contribution in [3.8, 4) is 0 Å². The number of nitrogens with one attached hydrogen (secondary N) is 1. The molecule has 0 aliphatic rings. The van der Waals surface area contributed by atoms with Gasteiger partial charge in [0.05, 0.1) is 5.52 Å². The SMILES string of the molecule is Cc1nc2c3ccccc3nn2c(C)c1CCC(=O)Nc1ccc(Sc2nncn2C)cc1. The van der Waals surface area contributed by atoms with Crippen molar-refractivity contribution >= 4 is 39.9 Å². The van der Waals surface area contributed by atoms with E-state index in [-0.39, 0.29) is 5.91 Å². The highest BCUT2D eigenvalue weighted by molar-refractivity contribution is 7.99. The van der Waals surface area contributed by atoms with Crippen molar-refractivity contribution in [1.82, 2.24) is 29.4 Å². The van der Waals surface area contributed by atoms with Crippen molar-refractivity contribution in [3.63, 3.8) is 0 Å². The molecule has 5 aromatic rings. The Morgan fingerprint density at radius 3 is 2.64 bits per heavy atom. The number of hydrogen-bond acceptors (Lipinski definition) is 6. The number of aryl methyl sites for hydroxylation is 3. The van der Waals surface area contributed by atoms with Crippen LogP contribution in [0.4, 0.5) is 5.69 Å². The zero-order valence-corrected chi connectivity index (χ0v) is 19.4. The minimum atomic E-state index is -0.0340. The second-order valence-corrected chi connectivity index (χ2v) is 8.95. The average molecular weight is 458 g/mol. The average Bonchev–Trinajstić information content (AvgIpc) is 3.38. The second kappa shape index (κ2) is 8.67. The van der Waals surface area contributed by atoms with E-state index in [1.54, 1.807) is 6.33 Å². The number of fused-ring (bicyclic) bond motifs is 3. The molecule has 166 valence electrons. The molecule has 0 aliphatic carbocycles. The summed E-state index contributed by atoms with van der Waals surface area (Å²) in [6, 6.07) is 15.7. The molecule has 2 aromatic carbocycles. The van der Waals surface area contributed by atoms with E-state index in [0.29, 0.717) is 12.8 Å². The third-order valence-electron chi connectivity index (χ3n) is 5.64. The van der Waals surface area contributed by atoms with Gasteiger partial charge in [-0.3, -0.25) is 4.79 Å². The topological polar surface area (TPSA) is 90.0 Å². The Morgan fingerprint density at radius 2 is 1.88 bits per heavy atom. The van der Waals surface area contributed by atoms with Crippen LogP contribution in [0, 0.1) is 13.8 Å². The predicted molar refractivity (Wildman–Crippen MR) is 128 cm³/mol. The van der Waals surface area contributed by atoms with Gasteiger partial charge in [-0.2, -0.15) is 5.10 Å². The van der Waals surface area contributed by atoms with Crippen molar-refractivity contribution in [3.05, 3.63) is 71.8 Å². The van der Waals surface area contributed by atoms with E-state index in [1.807, 2.05) is 78.5 Å². The van der Waals surface area contributed by atoms with Crippen LogP contribution >= 0.6 is 11.8 Å². The number of carbonyl (C=O) groups excluding carboxylic acids is 1. The van der Waals surface area contributed by atoms with Gasteiger partial charge in [-0.15, -0.1) is 10.2 Å². The zero-order chi connectivity index (χ0) is 22.9. The third-order valence-corrected chi connectivity index (χ3v) is 6.70. The van der Waals surface area contributed by atoms with Gasteiger partial charge < -0.3 is 9.88 Å². The summed E-state index contributed by atoms with van der Waals surface area (Å²) in [7, 11) is 1.91. The summed E-state index contributed by atoms with van der Waals surface area (Å²) < 4.78 is 3.75. The zero-order valence-electron chi connectivity index (χ0n) is 18.6. The van der Waals surface area contributed by atoms with Gasteiger partial charge in [0.25, 0.3) is 0 Å². The molecule has 0 unspecified atom stereocenters. The number of benzene rings is 2. The van der Waals surface area contributed by atoms with Gasteiger partial charge in [0, 0.05) is 40.8 Å². The van der Waals surface area contributed by atoms with Crippen LogP contribution in [0.2, 0.25) is 0 Å². The van der Waals surface area contributed by atoms with Crippen LogP contribution in [0.5, 0.6) is 0 Å². The Hall–Kier alpha value is -3.72. The summed E-state index contributed by atoms with van der Waals surface area (Å²) in [5.41, 5.74) is 5.55. The molecule has 1 amide bonds. The van der Waals surface area contributed by atoms with Crippen molar-refractivity contribution in [1.29, 1.82) is 0 Å².